The molecule has 3 aromatic rings. The smallest absolute Gasteiger partial charge is 0.363 e. The summed E-state index contributed by atoms with van der Waals surface area (Å²) < 4.78 is 7.17. The van der Waals surface area contributed by atoms with Crippen LogP contribution in [-0.2, 0) is 4.79 Å². The molecule has 6 nitrogen and oxygen atoms in total. The van der Waals surface area contributed by atoms with Crippen LogP contribution in [0.15, 0.2) is 48.8 Å². The van der Waals surface area contributed by atoms with Crippen LogP contribution < -0.4 is 9.64 Å². The third kappa shape index (κ3) is 2.98. The summed E-state index contributed by atoms with van der Waals surface area (Å²) >= 11 is 0. The van der Waals surface area contributed by atoms with E-state index in [9.17, 15) is 9.59 Å². The zero-order valence-electron chi connectivity index (χ0n) is 13.8. The van der Waals surface area contributed by atoms with Gasteiger partial charge >= 0.3 is 5.97 Å². The molecule has 0 spiro atoms. The Morgan fingerprint density at radius 1 is 1.20 bits per heavy atom. The number of pyridine rings is 1. The average molecular weight is 335 g/mol. The number of hydrogen-bond acceptors (Lipinski definition) is 4. The van der Waals surface area contributed by atoms with Crippen LogP contribution in [0.4, 0.5) is 5.69 Å². The Morgan fingerprint density at radius 2 is 2.00 bits per heavy atom. The molecule has 0 N–H and O–H groups in total. The third-order valence-electron chi connectivity index (χ3n) is 4.26. The average Bonchev–Trinajstić information content (AvgIpc) is 3.21. The number of amides is 1. The molecule has 1 amide bonds. The Labute approximate surface area is 144 Å². The van der Waals surface area contributed by atoms with Crippen LogP contribution in [0.5, 0.6) is 5.75 Å². The molecule has 1 aromatic carbocycles. The van der Waals surface area contributed by atoms with Crippen molar-refractivity contribution in [2.45, 2.75) is 19.8 Å². The van der Waals surface area contributed by atoms with Gasteiger partial charge in [0.25, 0.3) is 0 Å². The number of carbonyl (C=O) groups excluding carboxylic acids is 2. The van der Waals surface area contributed by atoms with E-state index in [0.29, 0.717) is 17.8 Å². The van der Waals surface area contributed by atoms with Crippen molar-refractivity contribution in [1.29, 1.82) is 0 Å². The second-order valence-electron chi connectivity index (χ2n) is 6.13. The molecule has 4 rings (SSSR count). The number of benzene rings is 1. The monoisotopic (exact) mass is 335 g/mol. The van der Waals surface area contributed by atoms with Crippen LogP contribution in [0.25, 0.3) is 5.65 Å². The molecule has 0 radical (unpaired) electrons. The lowest BCUT2D eigenvalue weighted by atomic mass is 10.3. The van der Waals surface area contributed by atoms with Crippen LogP contribution >= 0.6 is 0 Å². The zero-order chi connectivity index (χ0) is 17.4. The van der Waals surface area contributed by atoms with Crippen molar-refractivity contribution in [2.24, 2.45) is 0 Å². The van der Waals surface area contributed by atoms with Gasteiger partial charge in [-0.25, -0.2) is 9.78 Å². The Hall–Kier alpha value is -3.15. The molecule has 1 saturated heterocycles. The molecule has 6 heteroatoms. The summed E-state index contributed by atoms with van der Waals surface area (Å²) in [7, 11) is 0. The number of fused-ring (bicyclic) bond motifs is 1. The number of aromatic nitrogens is 2. The van der Waals surface area contributed by atoms with E-state index in [1.807, 2.05) is 25.3 Å². The normalized spacial score (nSPS) is 14.3. The fourth-order valence-corrected chi connectivity index (χ4v) is 2.96. The van der Waals surface area contributed by atoms with Crippen molar-refractivity contribution in [2.75, 3.05) is 11.4 Å². The number of nitrogens with zero attached hydrogens (tertiary/aromatic N) is 3. The van der Waals surface area contributed by atoms with E-state index < -0.39 is 5.97 Å². The maximum Gasteiger partial charge on any atom is 0.363 e. The van der Waals surface area contributed by atoms with Crippen LogP contribution in [0, 0.1) is 6.92 Å². The second kappa shape index (κ2) is 6.05. The van der Waals surface area contributed by atoms with Crippen molar-refractivity contribution in [1.82, 2.24) is 9.38 Å². The Kier molecular flexibility index (Phi) is 3.72. The Morgan fingerprint density at radius 3 is 2.72 bits per heavy atom. The van der Waals surface area contributed by atoms with Crippen molar-refractivity contribution in [3.05, 3.63) is 60.0 Å². The number of anilines is 1. The first-order valence-corrected chi connectivity index (χ1v) is 8.18. The van der Waals surface area contributed by atoms with E-state index in [1.165, 1.54) is 0 Å². The van der Waals surface area contributed by atoms with Crippen molar-refractivity contribution in [3.63, 3.8) is 0 Å². The number of rotatable bonds is 3. The van der Waals surface area contributed by atoms with Gasteiger partial charge in [-0.1, -0.05) is 0 Å². The molecule has 0 atom stereocenters. The molecule has 3 heterocycles. The second-order valence-corrected chi connectivity index (χ2v) is 6.13. The summed E-state index contributed by atoms with van der Waals surface area (Å²) in [5.41, 5.74) is 2.86. The first-order valence-electron chi connectivity index (χ1n) is 8.18. The molecular formula is C19H17N3O3. The summed E-state index contributed by atoms with van der Waals surface area (Å²) in [5, 5.41) is 0. The molecule has 1 fully saturated rings. The highest BCUT2D eigenvalue weighted by atomic mass is 16.5. The highest BCUT2D eigenvalue weighted by Gasteiger charge is 2.21. The van der Waals surface area contributed by atoms with E-state index in [4.69, 9.17) is 4.74 Å². The number of imidazole rings is 1. The standard InChI is InChI=1S/C19H17N3O3/c1-13-8-10-21-12-16(20-17(21)11-13)19(24)25-15-6-4-14(5-7-15)22-9-2-3-18(22)23/h4-8,10-12H,2-3,9H2,1H3. The minimum Gasteiger partial charge on any atom is -0.422 e. The Bertz CT molecular complexity index is 960. The molecule has 0 saturated carbocycles. The van der Waals surface area contributed by atoms with Crippen molar-refractivity contribution >= 4 is 23.2 Å². The quantitative estimate of drug-likeness (QED) is 0.545. The summed E-state index contributed by atoms with van der Waals surface area (Å²) in [6.45, 7) is 2.71. The van der Waals surface area contributed by atoms with Gasteiger partial charge in [-0.15, -0.1) is 0 Å². The SMILES string of the molecule is Cc1ccn2cc(C(=O)Oc3ccc(N4CCCC4=O)cc3)nc2c1. The molecule has 2 aromatic heterocycles. The van der Waals surface area contributed by atoms with Crippen LogP contribution in [-0.4, -0.2) is 27.8 Å². The highest BCUT2D eigenvalue weighted by molar-refractivity contribution is 5.95. The predicted octanol–water partition coefficient (Wildman–Crippen LogP) is 2.99. The molecule has 126 valence electrons. The van der Waals surface area contributed by atoms with Crippen molar-refractivity contribution in [3.8, 4) is 5.75 Å². The van der Waals surface area contributed by atoms with Crippen LogP contribution in [0.2, 0.25) is 0 Å². The van der Waals surface area contributed by atoms with E-state index >= 15 is 0 Å². The van der Waals surface area contributed by atoms with Gasteiger partial charge in [-0.05, 0) is 55.3 Å². The van der Waals surface area contributed by atoms with Gasteiger partial charge in [0, 0.05) is 31.0 Å². The molecule has 1 aliphatic heterocycles. The summed E-state index contributed by atoms with van der Waals surface area (Å²) in [4.78, 5) is 30.1. The number of ether oxygens (including phenoxy) is 1. The Balaban J connectivity index is 1.50. The van der Waals surface area contributed by atoms with Gasteiger partial charge < -0.3 is 14.0 Å². The zero-order valence-corrected chi connectivity index (χ0v) is 13.8. The van der Waals surface area contributed by atoms with Crippen LogP contribution in [0.3, 0.4) is 0 Å². The van der Waals surface area contributed by atoms with Gasteiger partial charge in [0.1, 0.15) is 11.4 Å². The van der Waals surface area contributed by atoms with Gasteiger partial charge in [0.2, 0.25) is 5.91 Å². The maximum atomic E-state index is 12.3. The first-order chi connectivity index (χ1) is 12.1. The largest absolute Gasteiger partial charge is 0.422 e. The lowest BCUT2D eigenvalue weighted by Crippen LogP contribution is -2.23. The van der Waals surface area contributed by atoms with Gasteiger partial charge in [0.15, 0.2) is 5.69 Å². The third-order valence-corrected chi connectivity index (χ3v) is 4.26. The lowest BCUT2D eigenvalue weighted by Gasteiger charge is -2.15. The summed E-state index contributed by atoms with van der Waals surface area (Å²) in [5.74, 6) is 0.0460. The van der Waals surface area contributed by atoms with E-state index in [0.717, 1.165) is 24.2 Å². The number of carbonyl (C=O) groups is 2. The minimum absolute atomic E-state index is 0.129. The van der Waals surface area contributed by atoms with Gasteiger partial charge in [-0.3, -0.25) is 4.79 Å². The number of hydrogen-bond donors (Lipinski definition) is 0. The molecule has 1 aliphatic rings. The minimum atomic E-state index is -0.508. The van der Waals surface area contributed by atoms with Gasteiger partial charge in [0.05, 0.1) is 0 Å². The number of esters is 1. The van der Waals surface area contributed by atoms with E-state index in [2.05, 4.69) is 4.98 Å². The fraction of sp³-hybridized carbons (Fsp3) is 0.211. The fourth-order valence-electron chi connectivity index (χ4n) is 2.96. The molecule has 0 aliphatic carbocycles. The molecule has 0 unspecified atom stereocenters. The molecule has 25 heavy (non-hydrogen) atoms. The number of aryl methyl sites for hydroxylation is 1. The van der Waals surface area contributed by atoms with E-state index in [1.54, 1.807) is 39.8 Å². The summed E-state index contributed by atoms with van der Waals surface area (Å²) in [6.07, 6.45) is 4.97. The van der Waals surface area contributed by atoms with Gasteiger partial charge in [-0.2, -0.15) is 0 Å². The first kappa shape index (κ1) is 15.4. The topological polar surface area (TPSA) is 63.9 Å². The molecule has 0 bridgehead atoms. The molecular weight excluding hydrogens is 318 g/mol. The lowest BCUT2D eigenvalue weighted by molar-refractivity contribution is -0.117. The van der Waals surface area contributed by atoms with Crippen molar-refractivity contribution < 1.29 is 14.3 Å². The highest BCUT2D eigenvalue weighted by Crippen LogP contribution is 2.24. The van der Waals surface area contributed by atoms with E-state index in [-0.39, 0.29) is 11.6 Å². The maximum absolute atomic E-state index is 12.3. The summed E-state index contributed by atoms with van der Waals surface area (Å²) in [6, 6.07) is 10.8. The predicted molar refractivity (Wildman–Crippen MR) is 92.9 cm³/mol. The van der Waals surface area contributed by atoms with Crippen LogP contribution in [0.1, 0.15) is 28.9 Å².